The Morgan fingerprint density at radius 2 is 2.18 bits per heavy atom. The van der Waals surface area contributed by atoms with Crippen LogP contribution in [-0.4, -0.2) is 41.4 Å². The predicted molar refractivity (Wildman–Crippen MR) is 108 cm³/mol. The lowest BCUT2D eigenvalue weighted by Gasteiger charge is -2.32. The first-order valence-corrected chi connectivity index (χ1v) is 10.2. The second kappa shape index (κ2) is 6.90. The fourth-order valence-electron chi connectivity index (χ4n) is 4.05. The van der Waals surface area contributed by atoms with Gasteiger partial charge in [-0.3, -0.25) is 0 Å². The largest absolute Gasteiger partial charge is 0.487 e. The van der Waals surface area contributed by atoms with Gasteiger partial charge in [-0.2, -0.15) is 0 Å². The maximum absolute atomic E-state index is 6.29. The molecule has 0 bridgehead atoms. The van der Waals surface area contributed by atoms with Crippen molar-refractivity contribution in [3.05, 3.63) is 41.9 Å². The molecule has 2 N–H and O–H groups in total. The van der Waals surface area contributed by atoms with E-state index >= 15 is 0 Å². The summed E-state index contributed by atoms with van der Waals surface area (Å²) in [6, 6.07) is 8.31. The minimum absolute atomic E-state index is 0.0319. The van der Waals surface area contributed by atoms with E-state index in [1.54, 1.807) is 6.33 Å². The molecule has 1 aromatic carbocycles. The molecule has 0 radical (unpaired) electrons. The van der Waals surface area contributed by atoms with Crippen LogP contribution < -0.4 is 20.5 Å². The number of benzene rings is 1. The summed E-state index contributed by atoms with van der Waals surface area (Å²) < 4.78 is 11.9. The molecule has 2 aliphatic heterocycles. The quantitative estimate of drug-likeness (QED) is 0.825. The number of fused-ring (bicyclic) bond motifs is 1. The third kappa shape index (κ3) is 3.29. The van der Waals surface area contributed by atoms with Crippen LogP contribution in [0.25, 0.3) is 0 Å². The highest BCUT2D eigenvalue weighted by atomic mass is 16.5. The molecule has 7 heteroatoms. The highest BCUT2D eigenvalue weighted by Crippen LogP contribution is 2.44. The summed E-state index contributed by atoms with van der Waals surface area (Å²) >= 11 is 0. The molecule has 1 aliphatic carbocycles. The predicted octanol–water partition coefficient (Wildman–Crippen LogP) is 3.04. The van der Waals surface area contributed by atoms with E-state index in [0.29, 0.717) is 0 Å². The summed E-state index contributed by atoms with van der Waals surface area (Å²) in [6.07, 6.45) is 5.21. The molecule has 2 atom stereocenters. The van der Waals surface area contributed by atoms with Gasteiger partial charge in [-0.1, -0.05) is 6.92 Å². The van der Waals surface area contributed by atoms with Crippen molar-refractivity contribution >= 4 is 11.5 Å². The molecule has 2 aromatic rings. The SMILES string of the molecule is CCC1(Oc2ccc3c(c2)C(c2cc(N4CCO[C@@H](C)C4)ncn2)NN3)CC1. The van der Waals surface area contributed by atoms with E-state index in [2.05, 4.69) is 57.8 Å². The lowest BCUT2D eigenvalue weighted by atomic mass is 10.0. The van der Waals surface area contributed by atoms with Gasteiger partial charge in [-0.25, -0.2) is 15.4 Å². The molecule has 3 aliphatic rings. The van der Waals surface area contributed by atoms with Crippen molar-refractivity contribution in [1.82, 2.24) is 15.4 Å². The molecular weight excluding hydrogens is 354 g/mol. The Morgan fingerprint density at radius 1 is 1.29 bits per heavy atom. The molecule has 0 spiro atoms. The second-order valence-electron chi connectivity index (χ2n) is 8.02. The third-order valence-corrected chi connectivity index (χ3v) is 6.01. The maximum atomic E-state index is 6.29. The fraction of sp³-hybridized carbons (Fsp3) is 0.524. The van der Waals surface area contributed by atoms with Crippen molar-refractivity contribution in [3.63, 3.8) is 0 Å². The van der Waals surface area contributed by atoms with Crippen molar-refractivity contribution in [2.24, 2.45) is 0 Å². The number of nitrogens with zero attached hydrogens (tertiary/aromatic N) is 3. The van der Waals surface area contributed by atoms with E-state index in [4.69, 9.17) is 9.47 Å². The van der Waals surface area contributed by atoms with Crippen LogP contribution in [0.1, 0.15) is 50.4 Å². The normalized spacial score (nSPS) is 25.1. The summed E-state index contributed by atoms with van der Waals surface area (Å²) in [5.41, 5.74) is 9.86. The highest BCUT2D eigenvalue weighted by Gasteiger charge is 2.43. The molecule has 28 heavy (non-hydrogen) atoms. The minimum Gasteiger partial charge on any atom is -0.487 e. The van der Waals surface area contributed by atoms with E-state index in [9.17, 15) is 0 Å². The number of ether oxygens (including phenoxy) is 2. The van der Waals surface area contributed by atoms with E-state index < -0.39 is 0 Å². The van der Waals surface area contributed by atoms with Crippen molar-refractivity contribution in [3.8, 4) is 5.75 Å². The number of hydrazine groups is 1. The number of hydrogen-bond acceptors (Lipinski definition) is 7. The minimum atomic E-state index is -0.0319. The molecule has 1 unspecified atom stereocenters. The van der Waals surface area contributed by atoms with Crippen LogP contribution in [0.5, 0.6) is 5.75 Å². The van der Waals surface area contributed by atoms with Gasteiger partial charge in [0.15, 0.2) is 0 Å². The van der Waals surface area contributed by atoms with Crippen LogP contribution >= 0.6 is 0 Å². The van der Waals surface area contributed by atoms with Crippen LogP contribution in [0.3, 0.4) is 0 Å². The third-order valence-electron chi connectivity index (χ3n) is 6.01. The molecule has 1 saturated heterocycles. The van der Waals surface area contributed by atoms with Crippen molar-refractivity contribution in [1.29, 1.82) is 0 Å². The molecule has 2 fully saturated rings. The van der Waals surface area contributed by atoms with Crippen molar-refractivity contribution in [2.75, 3.05) is 30.0 Å². The van der Waals surface area contributed by atoms with Gasteiger partial charge in [0.1, 0.15) is 23.5 Å². The molecule has 0 amide bonds. The topological polar surface area (TPSA) is 71.5 Å². The van der Waals surface area contributed by atoms with E-state index in [1.807, 2.05) is 6.07 Å². The Balaban J connectivity index is 1.40. The molecule has 3 heterocycles. The number of nitrogens with one attached hydrogen (secondary N) is 2. The first-order valence-electron chi connectivity index (χ1n) is 10.2. The van der Waals surface area contributed by atoms with Gasteiger partial charge in [0.25, 0.3) is 0 Å². The number of rotatable bonds is 5. The van der Waals surface area contributed by atoms with Crippen LogP contribution in [0.4, 0.5) is 11.5 Å². The summed E-state index contributed by atoms with van der Waals surface area (Å²) in [4.78, 5) is 11.3. The maximum Gasteiger partial charge on any atom is 0.132 e. The summed E-state index contributed by atoms with van der Waals surface area (Å²) in [5.74, 6) is 1.88. The highest BCUT2D eigenvalue weighted by molar-refractivity contribution is 5.61. The smallest absolute Gasteiger partial charge is 0.132 e. The molecule has 1 aromatic heterocycles. The fourth-order valence-corrected chi connectivity index (χ4v) is 4.05. The Kier molecular flexibility index (Phi) is 4.36. The lowest BCUT2D eigenvalue weighted by Crippen LogP contribution is -2.41. The zero-order valence-electron chi connectivity index (χ0n) is 16.4. The van der Waals surface area contributed by atoms with Gasteiger partial charge >= 0.3 is 0 Å². The van der Waals surface area contributed by atoms with Gasteiger partial charge in [0.05, 0.1) is 30.1 Å². The lowest BCUT2D eigenvalue weighted by molar-refractivity contribution is 0.0529. The molecule has 1 saturated carbocycles. The standard InChI is InChI=1S/C21H27N5O2/c1-3-21(6-7-21)28-15-4-5-17-16(10-15)20(25-24-17)18-11-19(23-13-22-18)26-8-9-27-14(2)12-26/h4-5,10-11,13-14,20,24-25H,3,6-9,12H2,1-2H3/t14-,20?/m0/s1. The van der Waals surface area contributed by atoms with Gasteiger partial charge in [0.2, 0.25) is 0 Å². The Hall–Kier alpha value is -2.38. The van der Waals surface area contributed by atoms with Gasteiger partial charge in [-0.05, 0) is 44.4 Å². The summed E-state index contributed by atoms with van der Waals surface area (Å²) in [6.45, 7) is 6.72. The van der Waals surface area contributed by atoms with Crippen LogP contribution in [0.15, 0.2) is 30.6 Å². The monoisotopic (exact) mass is 381 g/mol. The van der Waals surface area contributed by atoms with E-state index in [-0.39, 0.29) is 17.7 Å². The zero-order valence-corrected chi connectivity index (χ0v) is 16.4. The van der Waals surface area contributed by atoms with Crippen molar-refractivity contribution < 1.29 is 9.47 Å². The average Bonchev–Trinajstić information content (AvgIpc) is 3.37. The van der Waals surface area contributed by atoms with Crippen LogP contribution in [0.2, 0.25) is 0 Å². The molecule has 7 nitrogen and oxygen atoms in total. The number of aromatic nitrogens is 2. The van der Waals surface area contributed by atoms with Crippen molar-refractivity contribution in [2.45, 2.75) is 50.9 Å². The Morgan fingerprint density at radius 3 is 2.96 bits per heavy atom. The van der Waals surface area contributed by atoms with E-state index in [1.165, 1.54) is 0 Å². The molecular formula is C21H27N5O2. The first-order chi connectivity index (χ1) is 13.7. The van der Waals surface area contributed by atoms with Gasteiger partial charge in [-0.15, -0.1) is 0 Å². The second-order valence-corrected chi connectivity index (χ2v) is 8.02. The number of hydrogen-bond donors (Lipinski definition) is 2. The summed E-state index contributed by atoms with van der Waals surface area (Å²) in [5, 5.41) is 0. The van der Waals surface area contributed by atoms with Crippen LogP contribution in [0, 0.1) is 0 Å². The van der Waals surface area contributed by atoms with Gasteiger partial charge in [0, 0.05) is 24.7 Å². The zero-order chi connectivity index (χ0) is 19.1. The average molecular weight is 381 g/mol. The number of morpholine rings is 1. The van der Waals surface area contributed by atoms with Gasteiger partial charge < -0.3 is 19.8 Å². The summed E-state index contributed by atoms with van der Waals surface area (Å²) in [7, 11) is 0. The molecule has 5 rings (SSSR count). The first kappa shape index (κ1) is 17.7. The Bertz CT molecular complexity index is 870. The molecule has 148 valence electrons. The van der Waals surface area contributed by atoms with Crippen LogP contribution in [-0.2, 0) is 4.74 Å². The Labute approximate surface area is 165 Å². The number of anilines is 2. The van der Waals surface area contributed by atoms with E-state index in [0.717, 1.165) is 67.5 Å².